The van der Waals surface area contributed by atoms with Gasteiger partial charge in [-0.25, -0.2) is 4.79 Å². The van der Waals surface area contributed by atoms with E-state index in [0.717, 1.165) is 57.1 Å². The van der Waals surface area contributed by atoms with E-state index < -0.39 is 34.8 Å². The minimum Gasteiger partial charge on any atom is -0.378 e. The highest BCUT2D eigenvalue weighted by molar-refractivity contribution is 7.80. The SMILES string of the molecule is C[C@@H]1CC(OCC[C@H]2CC[C@H](N3C(=S)N(c4ccc(C#N)c(C(F)(F)F)c4)C(=O)C3(C)C)CC2)C[C@H](C)N1CC(=O)Nc1cccc2c(N3CCC(=O)NC3=O)nn(C)c12. The Kier molecular flexibility index (Phi) is 12.0. The third kappa shape index (κ3) is 8.31. The van der Waals surface area contributed by atoms with Crippen molar-refractivity contribution in [2.45, 2.75) is 115 Å². The number of thiocarbonyl (C=S) groups is 1. The summed E-state index contributed by atoms with van der Waals surface area (Å²) in [7, 11) is 1.75. The number of para-hydroxylation sites is 1. The number of anilines is 3. The number of fused-ring (bicyclic) bond motifs is 1. The van der Waals surface area contributed by atoms with Crippen LogP contribution in [0.15, 0.2) is 36.4 Å². The number of hydrogen-bond acceptors (Lipinski definition) is 9. The van der Waals surface area contributed by atoms with E-state index in [2.05, 4.69) is 34.5 Å². The zero-order valence-electron chi connectivity index (χ0n) is 34.3. The Labute approximate surface area is 351 Å². The lowest BCUT2D eigenvalue weighted by Crippen LogP contribution is -2.51. The third-order valence-electron chi connectivity index (χ3n) is 12.6. The van der Waals surface area contributed by atoms with Crippen molar-refractivity contribution >= 4 is 69.2 Å². The number of alkyl halides is 3. The summed E-state index contributed by atoms with van der Waals surface area (Å²) in [4.78, 5) is 58.1. The van der Waals surface area contributed by atoms with Crippen LogP contribution in [-0.2, 0) is 32.3 Å². The number of urea groups is 1. The summed E-state index contributed by atoms with van der Waals surface area (Å²) >= 11 is 5.76. The van der Waals surface area contributed by atoms with E-state index in [0.29, 0.717) is 34.9 Å². The van der Waals surface area contributed by atoms with Crippen molar-refractivity contribution in [1.82, 2.24) is 24.9 Å². The summed E-state index contributed by atoms with van der Waals surface area (Å²) in [6, 6.07) is 9.89. The number of aryl methyl sites for hydroxylation is 1. The Morgan fingerprint density at radius 1 is 1.08 bits per heavy atom. The van der Waals surface area contributed by atoms with Crippen LogP contribution in [0.5, 0.6) is 0 Å². The summed E-state index contributed by atoms with van der Waals surface area (Å²) < 4.78 is 49.4. The van der Waals surface area contributed by atoms with Crippen LogP contribution >= 0.6 is 12.2 Å². The van der Waals surface area contributed by atoms with E-state index >= 15 is 0 Å². The Balaban J connectivity index is 0.884. The Morgan fingerprint density at radius 3 is 2.43 bits per heavy atom. The molecule has 0 bridgehead atoms. The highest BCUT2D eigenvalue weighted by Crippen LogP contribution is 2.42. The molecule has 5 amide bonds. The summed E-state index contributed by atoms with van der Waals surface area (Å²) in [5.41, 5.74) is -1.43. The summed E-state index contributed by atoms with van der Waals surface area (Å²) in [6.07, 6.45) is 1.25. The molecular formula is C42H50F3N9O5S. The smallest absolute Gasteiger partial charge is 0.378 e. The number of ether oxygens (including phenoxy) is 1. The van der Waals surface area contributed by atoms with Crippen LogP contribution in [-0.4, -0.2) is 97.9 Å². The van der Waals surface area contributed by atoms with Crippen molar-refractivity contribution in [3.05, 3.63) is 47.5 Å². The molecule has 320 valence electrons. The number of halogens is 3. The van der Waals surface area contributed by atoms with E-state index in [1.54, 1.807) is 43.8 Å². The van der Waals surface area contributed by atoms with Crippen molar-refractivity contribution in [3.8, 4) is 6.07 Å². The predicted octanol–water partition coefficient (Wildman–Crippen LogP) is 6.47. The van der Waals surface area contributed by atoms with E-state index in [4.69, 9.17) is 17.0 Å². The number of likely N-dealkylation sites (tertiary alicyclic amines) is 1. The first-order valence-corrected chi connectivity index (χ1v) is 20.8. The molecule has 2 N–H and O–H groups in total. The van der Waals surface area contributed by atoms with Crippen molar-refractivity contribution in [1.29, 1.82) is 5.26 Å². The molecule has 1 aliphatic carbocycles. The zero-order chi connectivity index (χ0) is 43.3. The van der Waals surface area contributed by atoms with Gasteiger partial charge in [0.05, 0.1) is 46.7 Å². The molecule has 1 saturated carbocycles. The molecule has 1 unspecified atom stereocenters. The minimum atomic E-state index is -4.76. The fourth-order valence-electron chi connectivity index (χ4n) is 9.50. The number of aromatic nitrogens is 2. The van der Waals surface area contributed by atoms with Crippen molar-refractivity contribution in [2.24, 2.45) is 13.0 Å². The average molecular weight is 850 g/mol. The van der Waals surface area contributed by atoms with Gasteiger partial charge in [-0.1, -0.05) is 6.07 Å². The number of piperidine rings is 1. The van der Waals surface area contributed by atoms with Crippen LogP contribution < -0.4 is 20.4 Å². The number of nitrogens with one attached hydrogen (secondary N) is 2. The molecule has 14 nitrogen and oxygen atoms in total. The molecule has 2 aromatic carbocycles. The van der Waals surface area contributed by atoms with Gasteiger partial charge in [-0.15, -0.1) is 0 Å². The minimum absolute atomic E-state index is 0.00352. The zero-order valence-corrected chi connectivity index (χ0v) is 35.2. The number of amides is 5. The van der Waals surface area contributed by atoms with Gasteiger partial charge in [-0.05, 0) is 121 Å². The van der Waals surface area contributed by atoms with Crippen LogP contribution in [0.2, 0.25) is 0 Å². The molecule has 3 atom stereocenters. The standard InChI is InChI=1S/C42H50F3N9O5S/c1-24-19-30(20-25(2)52(24)23-35(56)47-33-8-6-7-31-36(33)50(5)49-37(31)51-17-15-34(55)48-39(51)58)59-18-16-26-9-12-28(13-10-26)54-40(60)53(38(57)41(54,3)4)29-14-11-27(22-46)32(21-29)42(43,44)45/h6-8,11,14,21,24-26,28,30H,9-10,12-13,15-20,23H2,1-5H3,(H,47,56)(H,48,55,58)/t24-,25+,26-,28-,30?. The predicted molar refractivity (Wildman–Crippen MR) is 222 cm³/mol. The van der Waals surface area contributed by atoms with Crippen LogP contribution in [0.1, 0.15) is 90.2 Å². The molecule has 3 aliphatic heterocycles. The van der Waals surface area contributed by atoms with Gasteiger partial charge in [-0.2, -0.15) is 23.5 Å². The molecule has 1 aromatic heterocycles. The van der Waals surface area contributed by atoms with Gasteiger partial charge in [0, 0.05) is 50.1 Å². The molecular weight excluding hydrogens is 800 g/mol. The molecule has 4 aliphatic rings. The molecule has 7 rings (SSSR count). The fourth-order valence-corrected chi connectivity index (χ4v) is 10.1. The van der Waals surface area contributed by atoms with E-state index in [9.17, 15) is 37.6 Å². The highest BCUT2D eigenvalue weighted by atomic mass is 32.1. The Bertz CT molecular complexity index is 2240. The van der Waals surface area contributed by atoms with Crippen LogP contribution in [0, 0.1) is 17.2 Å². The summed E-state index contributed by atoms with van der Waals surface area (Å²) in [6.45, 7) is 8.72. The van der Waals surface area contributed by atoms with Gasteiger partial charge >= 0.3 is 12.2 Å². The number of carbonyl (C=O) groups is 4. The van der Waals surface area contributed by atoms with Crippen molar-refractivity contribution < 1.29 is 37.1 Å². The van der Waals surface area contributed by atoms with E-state index in [1.165, 1.54) is 15.9 Å². The molecule has 4 fully saturated rings. The first-order valence-electron chi connectivity index (χ1n) is 20.4. The topological polar surface area (TPSA) is 156 Å². The molecule has 60 heavy (non-hydrogen) atoms. The highest BCUT2D eigenvalue weighted by Gasteiger charge is 2.52. The first kappa shape index (κ1) is 43.0. The first-order chi connectivity index (χ1) is 28.4. The van der Waals surface area contributed by atoms with Crippen molar-refractivity contribution in [2.75, 3.05) is 34.8 Å². The quantitative estimate of drug-likeness (QED) is 0.217. The van der Waals surface area contributed by atoms with Gasteiger partial charge in [0.2, 0.25) is 11.8 Å². The molecule has 18 heteroatoms. The lowest BCUT2D eigenvalue weighted by molar-refractivity contribution is -0.137. The molecule has 4 heterocycles. The number of imide groups is 1. The summed E-state index contributed by atoms with van der Waals surface area (Å²) in [5, 5.41) is 20.0. The number of rotatable bonds is 10. The molecule has 0 radical (unpaired) electrons. The number of carbonyl (C=O) groups excluding carboxylic acids is 4. The van der Waals surface area contributed by atoms with Gasteiger partial charge in [0.25, 0.3) is 5.91 Å². The van der Waals surface area contributed by atoms with E-state index in [-0.39, 0.29) is 66.4 Å². The van der Waals surface area contributed by atoms with Crippen LogP contribution in [0.3, 0.4) is 0 Å². The van der Waals surface area contributed by atoms with Gasteiger partial charge in [0.15, 0.2) is 10.9 Å². The molecule has 3 aromatic rings. The van der Waals surface area contributed by atoms with E-state index in [1.807, 2.05) is 11.0 Å². The number of nitrogens with zero attached hydrogens (tertiary/aromatic N) is 7. The largest absolute Gasteiger partial charge is 0.417 e. The lowest BCUT2D eigenvalue weighted by atomic mass is 9.82. The lowest BCUT2D eigenvalue weighted by Gasteiger charge is -2.42. The maximum atomic E-state index is 13.8. The third-order valence-corrected chi connectivity index (χ3v) is 12.9. The van der Waals surface area contributed by atoms with Gasteiger partial charge in [-0.3, -0.25) is 39.1 Å². The van der Waals surface area contributed by atoms with Crippen molar-refractivity contribution in [3.63, 3.8) is 0 Å². The number of benzene rings is 2. The van der Waals surface area contributed by atoms with Crippen LogP contribution in [0.4, 0.5) is 35.2 Å². The second-order valence-corrected chi connectivity index (χ2v) is 17.3. The van der Waals surface area contributed by atoms with Gasteiger partial charge in [0.1, 0.15) is 5.54 Å². The number of hydrogen-bond donors (Lipinski definition) is 2. The summed E-state index contributed by atoms with van der Waals surface area (Å²) in [5.74, 6) is -0.0623. The van der Waals surface area contributed by atoms with Gasteiger partial charge < -0.3 is 15.0 Å². The Hall–Kier alpha value is -5.12. The second-order valence-electron chi connectivity index (χ2n) is 16.9. The maximum absolute atomic E-state index is 13.8. The normalized spacial score (nSPS) is 25.2. The molecule has 3 saturated heterocycles. The van der Waals surface area contributed by atoms with Crippen LogP contribution in [0.25, 0.3) is 10.9 Å². The molecule has 0 spiro atoms. The maximum Gasteiger partial charge on any atom is 0.417 e. The Morgan fingerprint density at radius 2 is 1.78 bits per heavy atom. The number of nitriles is 1. The fraction of sp³-hybridized carbons (Fsp3) is 0.548. The monoisotopic (exact) mass is 849 g/mol. The average Bonchev–Trinajstić information content (AvgIpc) is 3.61. The second kappa shape index (κ2) is 16.7.